The maximum absolute atomic E-state index is 12.3. The van der Waals surface area contributed by atoms with E-state index < -0.39 is 17.8 Å². The van der Waals surface area contributed by atoms with Gasteiger partial charge in [0.05, 0.1) is 11.4 Å². The summed E-state index contributed by atoms with van der Waals surface area (Å²) in [6, 6.07) is 3.57. The Bertz CT molecular complexity index is 409. The van der Waals surface area contributed by atoms with Crippen LogP contribution in [0, 0.1) is 0 Å². The van der Waals surface area contributed by atoms with Gasteiger partial charge in [-0.05, 0) is 12.1 Å². The predicted octanol–water partition coefficient (Wildman–Crippen LogP) is 3.06. The van der Waals surface area contributed by atoms with Crippen LogP contribution in [-0.2, 0) is 11.0 Å². The molecule has 0 fully saturated rings. The summed E-state index contributed by atoms with van der Waals surface area (Å²) in [4.78, 5) is 13.8. The van der Waals surface area contributed by atoms with Gasteiger partial charge in [-0.3, -0.25) is 4.79 Å². The van der Waals surface area contributed by atoms with E-state index in [1.54, 1.807) is 6.92 Å². The molecule has 3 nitrogen and oxygen atoms in total. The van der Waals surface area contributed by atoms with Crippen molar-refractivity contribution in [2.45, 2.75) is 29.8 Å². The van der Waals surface area contributed by atoms with E-state index in [-0.39, 0.29) is 16.7 Å². The van der Waals surface area contributed by atoms with Crippen LogP contribution in [0.15, 0.2) is 23.2 Å². The number of aliphatic carboxylic acids is 1. The first-order valence-electron chi connectivity index (χ1n) is 4.71. The maximum atomic E-state index is 12.3. The number of thioether (sulfide) groups is 1. The first-order chi connectivity index (χ1) is 7.79. The molecule has 0 aliphatic carbocycles. The Hall–Kier alpha value is -1.24. The molecule has 0 amide bonds. The van der Waals surface area contributed by atoms with Crippen LogP contribution < -0.4 is 0 Å². The number of carboxylic acids is 1. The molecule has 94 valence electrons. The van der Waals surface area contributed by atoms with Crippen LogP contribution in [0.4, 0.5) is 13.2 Å². The third-order valence-electron chi connectivity index (χ3n) is 1.80. The Morgan fingerprint density at radius 1 is 1.53 bits per heavy atom. The second-order valence-corrected chi connectivity index (χ2v) is 4.84. The van der Waals surface area contributed by atoms with Gasteiger partial charge < -0.3 is 5.11 Å². The van der Waals surface area contributed by atoms with E-state index in [0.717, 1.165) is 17.8 Å². The van der Waals surface area contributed by atoms with Crippen molar-refractivity contribution in [3.8, 4) is 0 Å². The summed E-state index contributed by atoms with van der Waals surface area (Å²) in [5, 5.41) is 8.38. The van der Waals surface area contributed by atoms with Gasteiger partial charge in [0, 0.05) is 5.25 Å². The fourth-order valence-corrected chi connectivity index (χ4v) is 2.08. The minimum Gasteiger partial charge on any atom is -0.481 e. The van der Waals surface area contributed by atoms with Crippen LogP contribution in [0.5, 0.6) is 0 Å². The highest BCUT2D eigenvalue weighted by atomic mass is 32.2. The van der Waals surface area contributed by atoms with Crippen LogP contribution >= 0.6 is 11.8 Å². The summed E-state index contributed by atoms with van der Waals surface area (Å²) in [5.74, 6) is -0.989. The number of rotatable bonds is 4. The van der Waals surface area contributed by atoms with Crippen LogP contribution in [0.1, 0.15) is 19.0 Å². The van der Waals surface area contributed by atoms with Crippen LogP contribution in [0.3, 0.4) is 0 Å². The third kappa shape index (κ3) is 4.64. The molecule has 0 radical (unpaired) electrons. The molecular weight excluding hydrogens is 255 g/mol. The number of aromatic nitrogens is 1. The summed E-state index contributed by atoms with van der Waals surface area (Å²) in [6.07, 6.45) is -4.60. The van der Waals surface area contributed by atoms with Gasteiger partial charge in [-0.15, -0.1) is 11.8 Å². The smallest absolute Gasteiger partial charge is 0.433 e. The van der Waals surface area contributed by atoms with E-state index in [1.807, 2.05) is 0 Å². The lowest BCUT2D eigenvalue weighted by Crippen LogP contribution is -2.09. The molecule has 0 spiro atoms. The second kappa shape index (κ2) is 5.39. The molecule has 0 aliphatic rings. The highest BCUT2D eigenvalue weighted by molar-refractivity contribution is 7.99. The standard InChI is InChI=1S/C10H10F3NO2S/c1-6(5-9(15)16)17-8-4-2-3-7(14-8)10(11,12)13/h2-4,6H,5H2,1H3,(H,15,16). The number of hydrogen-bond acceptors (Lipinski definition) is 3. The fraction of sp³-hybridized carbons (Fsp3) is 0.400. The summed E-state index contributed by atoms with van der Waals surface area (Å²) >= 11 is 1.01. The topological polar surface area (TPSA) is 50.2 Å². The molecule has 0 bridgehead atoms. The molecule has 1 heterocycles. The largest absolute Gasteiger partial charge is 0.481 e. The maximum Gasteiger partial charge on any atom is 0.433 e. The molecule has 0 saturated heterocycles. The highest BCUT2D eigenvalue weighted by Gasteiger charge is 2.32. The van der Waals surface area contributed by atoms with Gasteiger partial charge in [-0.25, -0.2) is 4.98 Å². The minimum atomic E-state index is -4.48. The van der Waals surface area contributed by atoms with Gasteiger partial charge in [-0.1, -0.05) is 13.0 Å². The molecule has 0 saturated carbocycles. The Balaban J connectivity index is 2.76. The van der Waals surface area contributed by atoms with Crippen molar-refractivity contribution in [1.82, 2.24) is 4.98 Å². The van der Waals surface area contributed by atoms with Crippen LogP contribution in [0.25, 0.3) is 0 Å². The Labute approximate surface area is 100 Å². The first kappa shape index (κ1) is 13.8. The van der Waals surface area contributed by atoms with Gasteiger partial charge in [0.15, 0.2) is 0 Å². The van der Waals surface area contributed by atoms with E-state index in [0.29, 0.717) is 0 Å². The molecule has 0 aromatic carbocycles. The van der Waals surface area contributed by atoms with E-state index in [9.17, 15) is 18.0 Å². The summed E-state index contributed by atoms with van der Waals surface area (Å²) in [7, 11) is 0. The van der Waals surface area contributed by atoms with Gasteiger partial charge in [0.2, 0.25) is 0 Å². The monoisotopic (exact) mass is 265 g/mol. The minimum absolute atomic E-state index is 0.122. The van der Waals surface area contributed by atoms with Crippen molar-refractivity contribution in [1.29, 1.82) is 0 Å². The average Bonchev–Trinajstić information content (AvgIpc) is 2.15. The van der Waals surface area contributed by atoms with Gasteiger partial charge in [-0.2, -0.15) is 13.2 Å². The molecule has 1 rings (SSSR count). The molecule has 1 atom stereocenters. The SMILES string of the molecule is CC(CC(=O)O)Sc1cccc(C(F)(F)F)n1. The van der Waals surface area contributed by atoms with Crippen LogP contribution in [-0.4, -0.2) is 21.3 Å². The molecule has 1 unspecified atom stereocenters. The molecule has 1 N–H and O–H groups in total. The molecule has 1 aromatic rings. The lowest BCUT2D eigenvalue weighted by molar-refractivity contribution is -0.141. The number of nitrogens with zero attached hydrogens (tertiary/aromatic N) is 1. The Kier molecular flexibility index (Phi) is 4.39. The normalized spacial score (nSPS) is 13.4. The second-order valence-electron chi connectivity index (χ2n) is 3.39. The highest BCUT2D eigenvalue weighted by Crippen LogP contribution is 2.30. The van der Waals surface area contributed by atoms with Gasteiger partial charge in [0.1, 0.15) is 5.69 Å². The molecule has 1 aromatic heterocycles. The number of alkyl halides is 3. The van der Waals surface area contributed by atoms with E-state index >= 15 is 0 Å². The first-order valence-corrected chi connectivity index (χ1v) is 5.59. The van der Waals surface area contributed by atoms with Crippen molar-refractivity contribution in [3.63, 3.8) is 0 Å². The number of pyridine rings is 1. The molecule has 7 heteroatoms. The van der Waals surface area contributed by atoms with Gasteiger partial charge in [0.25, 0.3) is 0 Å². The lowest BCUT2D eigenvalue weighted by atomic mass is 10.3. The zero-order valence-corrected chi connectivity index (χ0v) is 9.68. The zero-order valence-electron chi connectivity index (χ0n) is 8.86. The van der Waals surface area contributed by atoms with Crippen molar-refractivity contribution in [2.75, 3.05) is 0 Å². The van der Waals surface area contributed by atoms with E-state index in [4.69, 9.17) is 5.11 Å². The van der Waals surface area contributed by atoms with Crippen molar-refractivity contribution < 1.29 is 23.1 Å². The van der Waals surface area contributed by atoms with Crippen LogP contribution in [0.2, 0.25) is 0 Å². The fourth-order valence-electron chi connectivity index (χ4n) is 1.13. The number of halogens is 3. The molecule has 17 heavy (non-hydrogen) atoms. The van der Waals surface area contributed by atoms with Crippen molar-refractivity contribution >= 4 is 17.7 Å². The Morgan fingerprint density at radius 3 is 2.71 bits per heavy atom. The third-order valence-corrected chi connectivity index (χ3v) is 2.84. The summed E-state index contributed by atoms with van der Waals surface area (Å²) in [6.45, 7) is 1.63. The van der Waals surface area contributed by atoms with E-state index in [2.05, 4.69) is 4.98 Å². The van der Waals surface area contributed by atoms with Crippen molar-refractivity contribution in [3.05, 3.63) is 23.9 Å². The summed E-state index contributed by atoms with van der Waals surface area (Å²) in [5.41, 5.74) is -0.968. The lowest BCUT2D eigenvalue weighted by Gasteiger charge is -2.10. The Morgan fingerprint density at radius 2 is 2.18 bits per heavy atom. The van der Waals surface area contributed by atoms with Crippen molar-refractivity contribution in [2.24, 2.45) is 0 Å². The quantitative estimate of drug-likeness (QED) is 0.850. The number of hydrogen-bond donors (Lipinski definition) is 1. The molecule has 0 aliphatic heterocycles. The zero-order chi connectivity index (χ0) is 13.1. The number of carboxylic acid groups (broad SMARTS) is 1. The van der Waals surface area contributed by atoms with E-state index in [1.165, 1.54) is 12.1 Å². The van der Waals surface area contributed by atoms with Gasteiger partial charge >= 0.3 is 12.1 Å². The summed E-state index contributed by atoms with van der Waals surface area (Å²) < 4.78 is 37.0. The average molecular weight is 265 g/mol. The predicted molar refractivity (Wildman–Crippen MR) is 56.8 cm³/mol. The number of carbonyl (C=O) groups is 1. The molecular formula is C10H10F3NO2S.